The number of amides is 2. The van der Waals surface area contributed by atoms with Crippen LogP contribution in [0.4, 0.5) is 10.6 Å². The van der Waals surface area contributed by atoms with Gasteiger partial charge in [-0.2, -0.15) is 0 Å². The largest absolute Gasteiger partial charge is 0.450 e. The van der Waals surface area contributed by atoms with Crippen LogP contribution < -0.4 is 10.5 Å². The van der Waals surface area contributed by atoms with Crippen molar-refractivity contribution in [2.45, 2.75) is 46.2 Å². The quantitative estimate of drug-likeness (QED) is 0.504. The van der Waals surface area contributed by atoms with Crippen molar-refractivity contribution in [3.05, 3.63) is 68.1 Å². The second kappa shape index (κ2) is 10.6. The summed E-state index contributed by atoms with van der Waals surface area (Å²) in [5.41, 5.74) is 3.07. The van der Waals surface area contributed by atoms with Gasteiger partial charge in [-0.1, -0.05) is 17.7 Å². The maximum Gasteiger partial charge on any atom is 0.409 e. The number of nitrogens with one attached hydrogen (secondary N) is 1. The minimum Gasteiger partial charge on any atom is -0.450 e. The van der Waals surface area contributed by atoms with Crippen LogP contribution in [0.1, 0.15) is 46.9 Å². The SMILES string of the molecule is CCOC(=O)N1CCN(c2nc3cc(Cl)ccc3cc2CN(C(=O)c2cc(C)c(C)[nH]c2=O)C2CC2)CC1. The third kappa shape index (κ3) is 5.34. The lowest BCUT2D eigenvalue weighted by molar-refractivity contribution is 0.0727. The summed E-state index contributed by atoms with van der Waals surface area (Å²) in [6.45, 7) is 8.36. The molecule has 0 bridgehead atoms. The summed E-state index contributed by atoms with van der Waals surface area (Å²) in [5.74, 6) is 0.488. The Balaban J connectivity index is 1.49. The molecule has 5 rings (SSSR count). The van der Waals surface area contributed by atoms with Gasteiger partial charge in [0.05, 0.1) is 12.1 Å². The van der Waals surface area contributed by atoms with Crippen LogP contribution in [0.3, 0.4) is 0 Å². The lowest BCUT2D eigenvalue weighted by Gasteiger charge is -2.36. The van der Waals surface area contributed by atoms with E-state index in [0.717, 1.165) is 46.4 Å². The predicted molar refractivity (Wildman–Crippen MR) is 147 cm³/mol. The van der Waals surface area contributed by atoms with E-state index in [-0.39, 0.29) is 29.2 Å². The second-order valence-electron chi connectivity index (χ2n) is 9.97. The number of hydrogen-bond donors (Lipinski definition) is 1. The number of carbonyl (C=O) groups is 2. The van der Waals surface area contributed by atoms with Crippen LogP contribution in [0.25, 0.3) is 10.9 Å². The molecule has 1 aromatic carbocycles. The molecular formula is C28H32ClN5O4. The van der Waals surface area contributed by atoms with Gasteiger partial charge in [-0.25, -0.2) is 9.78 Å². The van der Waals surface area contributed by atoms with Crippen LogP contribution in [0.2, 0.25) is 5.02 Å². The minimum atomic E-state index is -0.370. The van der Waals surface area contributed by atoms with E-state index in [2.05, 4.69) is 16.0 Å². The highest BCUT2D eigenvalue weighted by Gasteiger charge is 2.35. The van der Waals surface area contributed by atoms with Gasteiger partial charge >= 0.3 is 6.09 Å². The van der Waals surface area contributed by atoms with Gasteiger partial charge in [-0.3, -0.25) is 9.59 Å². The second-order valence-corrected chi connectivity index (χ2v) is 10.4. The number of rotatable bonds is 6. The van der Waals surface area contributed by atoms with E-state index in [9.17, 15) is 14.4 Å². The summed E-state index contributed by atoms with van der Waals surface area (Å²) in [4.78, 5) is 52.0. The van der Waals surface area contributed by atoms with E-state index in [1.807, 2.05) is 32.0 Å². The number of benzene rings is 1. The normalized spacial score (nSPS) is 15.6. The fourth-order valence-corrected chi connectivity index (χ4v) is 5.02. The molecule has 2 fully saturated rings. The molecule has 0 unspecified atom stereocenters. The van der Waals surface area contributed by atoms with Crippen LogP contribution in [0.15, 0.2) is 35.1 Å². The lowest BCUT2D eigenvalue weighted by Crippen LogP contribution is -2.49. The van der Waals surface area contributed by atoms with Crippen LogP contribution in [0, 0.1) is 13.8 Å². The van der Waals surface area contributed by atoms with Gasteiger partial charge in [0.15, 0.2) is 0 Å². The Morgan fingerprint density at radius 1 is 1.13 bits per heavy atom. The number of fused-ring (bicyclic) bond motifs is 1. The maximum absolute atomic E-state index is 13.7. The predicted octanol–water partition coefficient (Wildman–Crippen LogP) is 4.28. The Hall–Kier alpha value is -3.59. The van der Waals surface area contributed by atoms with E-state index in [4.69, 9.17) is 21.3 Å². The molecule has 1 saturated heterocycles. The number of pyridine rings is 2. The molecule has 0 radical (unpaired) electrons. The molecule has 2 aliphatic rings. The highest BCUT2D eigenvalue weighted by Crippen LogP contribution is 2.33. The van der Waals surface area contributed by atoms with Crippen molar-refractivity contribution in [3.8, 4) is 0 Å². The summed E-state index contributed by atoms with van der Waals surface area (Å²) >= 11 is 6.27. The topological polar surface area (TPSA) is 98.8 Å². The first-order valence-electron chi connectivity index (χ1n) is 13.0. The van der Waals surface area contributed by atoms with Gasteiger partial charge in [0, 0.05) is 60.4 Å². The molecule has 0 spiro atoms. The number of hydrogen-bond acceptors (Lipinski definition) is 6. The van der Waals surface area contributed by atoms with Crippen molar-refractivity contribution in [1.29, 1.82) is 0 Å². The van der Waals surface area contributed by atoms with E-state index in [1.54, 1.807) is 22.8 Å². The van der Waals surface area contributed by atoms with Gasteiger partial charge in [-0.15, -0.1) is 0 Å². The van der Waals surface area contributed by atoms with E-state index >= 15 is 0 Å². The number of piperazine rings is 1. The number of carbonyl (C=O) groups excluding carboxylic acids is 2. The average molecular weight is 538 g/mol. The number of aromatic amines is 1. The molecule has 2 amide bonds. The monoisotopic (exact) mass is 537 g/mol. The van der Waals surface area contributed by atoms with Crippen LogP contribution in [-0.4, -0.2) is 70.6 Å². The molecule has 3 heterocycles. The van der Waals surface area contributed by atoms with Crippen LogP contribution in [-0.2, 0) is 11.3 Å². The van der Waals surface area contributed by atoms with E-state index in [0.29, 0.717) is 44.4 Å². The molecule has 1 aliphatic carbocycles. The fourth-order valence-electron chi connectivity index (χ4n) is 4.86. The molecule has 0 atom stereocenters. The highest BCUT2D eigenvalue weighted by molar-refractivity contribution is 6.31. The Labute approximate surface area is 226 Å². The van der Waals surface area contributed by atoms with Crippen molar-refractivity contribution in [3.63, 3.8) is 0 Å². The first-order chi connectivity index (χ1) is 18.2. The number of halogens is 1. The molecule has 38 heavy (non-hydrogen) atoms. The van der Waals surface area contributed by atoms with Gasteiger partial charge in [0.1, 0.15) is 11.4 Å². The van der Waals surface area contributed by atoms with E-state index in [1.165, 1.54) is 0 Å². The van der Waals surface area contributed by atoms with Crippen molar-refractivity contribution in [2.75, 3.05) is 37.7 Å². The zero-order valence-electron chi connectivity index (χ0n) is 21.9. The van der Waals surface area contributed by atoms with Gasteiger partial charge in [-0.05, 0) is 63.4 Å². The molecule has 9 nitrogen and oxygen atoms in total. The Kier molecular flexibility index (Phi) is 7.29. The van der Waals surface area contributed by atoms with Crippen molar-refractivity contribution in [2.24, 2.45) is 0 Å². The number of H-pyrrole nitrogens is 1. The lowest BCUT2D eigenvalue weighted by atomic mass is 10.1. The summed E-state index contributed by atoms with van der Waals surface area (Å²) in [7, 11) is 0. The van der Waals surface area contributed by atoms with E-state index < -0.39 is 0 Å². The molecule has 10 heteroatoms. The smallest absolute Gasteiger partial charge is 0.409 e. The third-order valence-electron chi connectivity index (χ3n) is 7.26. The Morgan fingerprint density at radius 3 is 2.55 bits per heavy atom. The van der Waals surface area contributed by atoms with Crippen molar-refractivity contribution >= 4 is 40.3 Å². The number of anilines is 1. The van der Waals surface area contributed by atoms with Gasteiger partial charge in [0.2, 0.25) is 0 Å². The van der Waals surface area contributed by atoms with Crippen LogP contribution in [0.5, 0.6) is 0 Å². The molecule has 2 aromatic heterocycles. The molecule has 3 aromatic rings. The number of aromatic nitrogens is 2. The fraction of sp³-hybridized carbons (Fsp3) is 0.429. The zero-order valence-corrected chi connectivity index (χ0v) is 22.7. The standard InChI is InChI=1S/C28H32ClN5O4/c1-4-38-28(37)33-11-9-32(10-12-33)25-20(14-19-5-6-21(29)15-24(19)31-25)16-34(22-7-8-22)27(36)23-13-17(2)18(3)30-26(23)35/h5-6,13-15,22H,4,7-12,16H2,1-3H3,(H,30,35). The molecule has 1 aliphatic heterocycles. The van der Waals surface area contributed by atoms with Gasteiger partial charge in [0.25, 0.3) is 11.5 Å². The summed E-state index contributed by atoms with van der Waals surface area (Å²) in [6.07, 6.45) is 1.49. The van der Waals surface area contributed by atoms with Crippen LogP contribution >= 0.6 is 11.6 Å². The average Bonchev–Trinajstić information content (AvgIpc) is 3.74. The Bertz CT molecular complexity index is 1440. The number of ether oxygens (including phenoxy) is 1. The Morgan fingerprint density at radius 2 is 1.87 bits per heavy atom. The maximum atomic E-state index is 13.7. The third-order valence-corrected chi connectivity index (χ3v) is 7.49. The molecule has 1 N–H and O–H groups in total. The summed E-state index contributed by atoms with van der Waals surface area (Å²) in [6, 6.07) is 9.40. The van der Waals surface area contributed by atoms with Crippen molar-refractivity contribution in [1.82, 2.24) is 19.8 Å². The molecule has 200 valence electrons. The minimum absolute atomic E-state index is 0.0814. The summed E-state index contributed by atoms with van der Waals surface area (Å²) in [5, 5.41) is 1.52. The molecular weight excluding hydrogens is 506 g/mol. The zero-order chi connectivity index (χ0) is 27.0. The number of aryl methyl sites for hydroxylation is 2. The molecule has 1 saturated carbocycles. The van der Waals surface area contributed by atoms with Crippen molar-refractivity contribution < 1.29 is 14.3 Å². The van der Waals surface area contributed by atoms with Gasteiger partial charge < -0.3 is 24.4 Å². The summed E-state index contributed by atoms with van der Waals surface area (Å²) < 4.78 is 5.16. The first kappa shape index (κ1) is 26.0. The highest BCUT2D eigenvalue weighted by atomic mass is 35.5. The first-order valence-corrected chi connectivity index (χ1v) is 13.4. The number of nitrogens with zero attached hydrogens (tertiary/aromatic N) is 4.